The molecule has 0 radical (unpaired) electrons. The number of benzene rings is 2. The van der Waals surface area contributed by atoms with Crippen molar-refractivity contribution in [2.75, 3.05) is 19.0 Å². The van der Waals surface area contributed by atoms with Crippen LogP contribution in [0.5, 0.6) is 11.5 Å². The molecule has 0 saturated heterocycles. The number of anilines is 1. The normalized spacial score (nSPS) is 11.9. The minimum absolute atomic E-state index is 0.230. The highest BCUT2D eigenvalue weighted by atomic mass is 32.1. The summed E-state index contributed by atoms with van der Waals surface area (Å²) in [6.45, 7) is -0.319. The Kier molecular flexibility index (Phi) is 7.07. The first-order chi connectivity index (χ1) is 16.4. The van der Waals surface area contributed by atoms with E-state index in [-0.39, 0.29) is 29.6 Å². The van der Waals surface area contributed by atoms with Crippen LogP contribution >= 0.6 is 11.3 Å². The average Bonchev–Trinajstić information content (AvgIpc) is 3.45. The smallest absolute Gasteiger partial charge is 0.279 e. The molecule has 3 amide bonds. The summed E-state index contributed by atoms with van der Waals surface area (Å²) in [5.74, 6) is -1.26. The molecule has 0 saturated carbocycles. The van der Waals surface area contributed by atoms with Crippen LogP contribution in [-0.2, 0) is 17.6 Å². The Labute approximate surface area is 199 Å². The molecule has 176 valence electrons. The lowest BCUT2D eigenvalue weighted by molar-refractivity contribution is -0.118. The molecule has 3 N–H and O–H groups in total. The van der Waals surface area contributed by atoms with Crippen molar-refractivity contribution in [1.82, 2.24) is 10.9 Å². The van der Waals surface area contributed by atoms with Crippen molar-refractivity contribution in [2.24, 2.45) is 0 Å². The molecule has 8 nitrogen and oxygen atoms in total. The molecular formula is C24H22FN3O5S. The van der Waals surface area contributed by atoms with Crippen molar-refractivity contribution >= 4 is 34.7 Å². The summed E-state index contributed by atoms with van der Waals surface area (Å²) in [5, 5.41) is 2.58. The van der Waals surface area contributed by atoms with E-state index in [0.717, 1.165) is 19.3 Å². The topological polar surface area (TPSA) is 106 Å². The van der Waals surface area contributed by atoms with Gasteiger partial charge in [-0.05, 0) is 73.4 Å². The van der Waals surface area contributed by atoms with Crippen molar-refractivity contribution in [1.29, 1.82) is 0 Å². The van der Waals surface area contributed by atoms with Gasteiger partial charge in [0.2, 0.25) is 0 Å². The fourth-order valence-corrected chi connectivity index (χ4v) is 4.64. The maximum absolute atomic E-state index is 13.0. The van der Waals surface area contributed by atoms with Gasteiger partial charge in [-0.3, -0.25) is 25.2 Å². The van der Waals surface area contributed by atoms with Gasteiger partial charge in [0.05, 0.1) is 12.0 Å². The number of nitrogens with one attached hydrogen (secondary N) is 3. The van der Waals surface area contributed by atoms with E-state index >= 15 is 0 Å². The molecule has 4 rings (SSSR count). The summed E-state index contributed by atoms with van der Waals surface area (Å²) in [7, 11) is 1.40. The predicted octanol–water partition coefficient (Wildman–Crippen LogP) is 3.48. The molecule has 0 spiro atoms. The van der Waals surface area contributed by atoms with Crippen LogP contribution in [0.4, 0.5) is 10.1 Å². The Hall–Kier alpha value is -3.92. The van der Waals surface area contributed by atoms with Crippen LogP contribution in [0.15, 0.2) is 48.5 Å². The molecule has 10 heteroatoms. The number of fused-ring (bicyclic) bond motifs is 1. The number of carbonyl (C=O) groups excluding carboxylic acids is 3. The van der Waals surface area contributed by atoms with E-state index in [1.165, 1.54) is 71.4 Å². The zero-order valence-corrected chi connectivity index (χ0v) is 19.1. The first-order valence-electron chi connectivity index (χ1n) is 10.5. The SMILES string of the molecule is COc1cc(C(=O)NNC(=O)c2cc3c(s2)CCC3)ccc1OCC(=O)Nc1ccc(F)cc1. The number of amides is 3. The van der Waals surface area contributed by atoms with E-state index in [1.807, 2.05) is 6.07 Å². The number of thiophene rings is 1. The molecule has 2 aromatic carbocycles. The van der Waals surface area contributed by atoms with Crippen molar-refractivity contribution in [3.63, 3.8) is 0 Å². The molecule has 1 aliphatic carbocycles. The van der Waals surface area contributed by atoms with Crippen LogP contribution in [0.3, 0.4) is 0 Å². The van der Waals surface area contributed by atoms with Crippen LogP contribution in [0, 0.1) is 5.82 Å². The van der Waals surface area contributed by atoms with Crippen LogP contribution in [0.25, 0.3) is 0 Å². The second-order valence-electron chi connectivity index (χ2n) is 7.53. The molecule has 0 atom stereocenters. The molecule has 34 heavy (non-hydrogen) atoms. The molecule has 1 heterocycles. The van der Waals surface area contributed by atoms with Crippen molar-refractivity contribution in [2.45, 2.75) is 19.3 Å². The van der Waals surface area contributed by atoms with E-state index in [1.54, 1.807) is 0 Å². The zero-order valence-electron chi connectivity index (χ0n) is 18.3. The maximum atomic E-state index is 13.0. The highest BCUT2D eigenvalue weighted by Gasteiger charge is 2.19. The van der Waals surface area contributed by atoms with Gasteiger partial charge in [-0.1, -0.05) is 0 Å². The summed E-state index contributed by atoms with van der Waals surface area (Å²) in [5.41, 5.74) is 6.69. The molecule has 3 aromatic rings. The minimum atomic E-state index is -0.531. The van der Waals surface area contributed by atoms with E-state index < -0.39 is 17.6 Å². The second-order valence-corrected chi connectivity index (χ2v) is 8.67. The van der Waals surface area contributed by atoms with Gasteiger partial charge in [0.25, 0.3) is 17.7 Å². The minimum Gasteiger partial charge on any atom is -0.493 e. The summed E-state index contributed by atoms with van der Waals surface area (Å²) in [6, 6.07) is 11.6. The van der Waals surface area contributed by atoms with E-state index in [9.17, 15) is 18.8 Å². The number of halogens is 1. The molecule has 1 aromatic heterocycles. The third kappa shape index (κ3) is 5.52. The Morgan fingerprint density at radius 3 is 2.47 bits per heavy atom. The summed E-state index contributed by atoms with van der Waals surface area (Å²) in [4.78, 5) is 38.7. The summed E-state index contributed by atoms with van der Waals surface area (Å²) < 4.78 is 23.7. The number of hydrogen-bond donors (Lipinski definition) is 3. The Bertz CT molecular complexity index is 1200. The zero-order chi connectivity index (χ0) is 24.1. The van der Waals surface area contributed by atoms with Gasteiger partial charge < -0.3 is 14.8 Å². The van der Waals surface area contributed by atoms with Gasteiger partial charge in [-0.2, -0.15) is 0 Å². The third-order valence-electron chi connectivity index (χ3n) is 5.17. The van der Waals surface area contributed by atoms with Gasteiger partial charge in [-0.25, -0.2) is 4.39 Å². The van der Waals surface area contributed by atoms with Crippen LogP contribution in [0.2, 0.25) is 0 Å². The van der Waals surface area contributed by atoms with Crippen molar-refractivity contribution < 1.29 is 28.2 Å². The standard InChI is InChI=1S/C24H22FN3O5S/c1-32-19-11-15(23(30)27-28-24(31)21-12-14-3-2-4-20(14)34-21)5-10-18(19)33-13-22(29)26-17-8-6-16(25)7-9-17/h5-12H,2-4,13H2,1H3,(H,26,29)(H,27,30)(H,28,31). The number of hydrogen-bond acceptors (Lipinski definition) is 6. The lowest BCUT2D eigenvalue weighted by atomic mass is 10.2. The van der Waals surface area contributed by atoms with Gasteiger partial charge in [-0.15, -0.1) is 11.3 Å². The number of methoxy groups -OCH3 is 1. The number of ether oxygens (including phenoxy) is 2. The quantitative estimate of drug-likeness (QED) is 0.446. The Balaban J connectivity index is 1.31. The van der Waals surface area contributed by atoms with Crippen molar-refractivity contribution in [3.8, 4) is 11.5 Å². The highest BCUT2D eigenvalue weighted by molar-refractivity contribution is 7.14. The van der Waals surface area contributed by atoms with Gasteiger partial charge in [0.15, 0.2) is 18.1 Å². The fraction of sp³-hybridized carbons (Fsp3) is 0.208. The molecule has 0 aliphatic heterocycles. The van der Waals surface area contributed by atoms with Gasteiger partial charge in [0.1, 0.15) is 5.82 Å². The summed E-state index contributed by atoms with van der Waals surface area (Å²) >= 11 is 1.45. The van der Waals surface area contributed by atoms with Gasteiger partial charge in [0, 0.05) is 16.1 Å². The van der Waals surface area contributed by atoms with E-state index in [4.69, 9.17) is 9.47 Å². The maximum Gasteiger partial charge on any atom is 0.279 e. The van der Waals surface area contributed by atoms with Crippen LogP contribution in [0.1, 0.15) is 36.9 Å². The van der Waals surface area contributed by atoms with E-state index in [2.05, 4.69) is 16.2 Å². The van der Waals surface area contributed by atoms with E-state index in [0.29, 0.717) is 10.6 Å². The first-order valence-corrected chi connectivity index (χ1v) is 11.3. The molecule has 0 fully saturated rings. The van der Waals surface area contributed by atoms with Crippen LogP contribution < -0.4 is 25.6 Å². The monoisotopic (exact) mass is 483 g/mol. The predicted molar refractivity (Wildman–Crippen MR) is 125 cm³/mol. The summed E-state index contributed by atoms with van der Waals surface area (Å²) in [6.07, 6.45) is 3.08. The Morgan fingerprint density at radius 1 is 0.971 bits per heavy atom. The number of aryl methyl sites for hydroxylation is 2. The lowest BCUT2D eigenvalue weighted by Crippen LogP contribution is -2.41. The number of hydrazine groups is 1. The largest absolute Gasteiger partial charge is 0.493 e. The fourth-order valence-electron chi connectivity index (χ4n) is 3.49. The number of carbonyl (C=O) groups is 3. The molecule has 0 bridgehead atoms. The van der Waals surface area contributed by atoms with Gasteiger partial charge >= 0.3 is 0 Å². The molecule has 0 unspecified atom stereocenters. The number of rotatable bonds is 7. The Morgan fingerprint density at radius 2 is 1.74 bits per heavy atom. The first kappa shape index (κ1) is 23.2. The lowest BCUT2D eigenvalue weighted by Gasteiger charge is -2.13. The second kappa shape index (κ2) is 10.3. The van der Waals surface area contributed by atoms with Crippen molar-refractivity contribution in [3.05, 3.63) is 75.2 Å². The molecule has 1 aliphatic rings. The molecular weight excluding hydrogens is 461 g/mol. The highest BCUT2D eigenvalue weighted by Crippen LogP contribution is 2.30. The average molecular weight is 484 g/mol. The van der Waals surface area contributed by atoms with Crippen LogP contribution in [-0.4, -0.2) is 31.4 Å². The third-order valence-corrected chi connectivity index (χ3v) is 6.41.